The van der Waals surface area contributed by atoms with E-state index in [0.29, 0.717) is 22.2 Å². The van der Waals surface area contributed by atoms with Crippen molar-refractivity contribution in [3.8, 4) is 0 Å². The van der Waals surface area contributed by atoms with Crippen molar-refractivity contribution in [2.45, 2.75) is 19.6 Å². The van der Waals surface area contributed by atoms with E-state index in [-0.39, 0.29) is 37.0 Å². The van der Waals surface area contributed by atoms with E-state index in [1.54, 1.807) is 36.4 Å². The highest BCUT2D eigenvalue weighted by Crippen LogP contribution is 2.23. The number of carbonyl (C=O) groups is 2. The van der Waals surface area contributed by atoms with Gasteiger partial charge in [0.25, 0.3) is 5.56 Å². The molecule has 4 rings (SSSR count). The molecule has 1 aliphatic rings. The normalized spacial score (nSPS) is 12.7. The summed E-state index contributed by atoms with van der Waals surface area (Å²) in [6.07, 6.45) is 1.59. The lowest BCUT2D eigenvalue weighted by atomic mass is 10.1. The third-order valence-corrected chi connectivity index (χ3v) is 4.28. The molecular formula is C19H15N3O4. The first-order valence-electron chi connectivity index (χ1n) is 8.16. The number of amides is 1. The van der Waals surface area contributed by atoms with E-state index in [9.17, 15) is 14.4 Å². The highest BCUT2D eigenvalue weighted by molar-refractivity contribution is 5.95. The summed E-state index contributed by atoms with van der Waals surface area (Å²) in [5, 5.41) is 3.30. The Hall–Kier alpha value is -3.48. The molecule has 0 atom stereocenters. The number of ether oxygens (including phenoxy) is 1. The third-order valence-electron chi connectivity index (χ3n) is 4.28. The number of nitrogens with one attached hydrogen (secondary N) is 1. The van der Waals surface area contributed by atoms with E-state index in [1.807, 2.05) is 6.07 Å². The molecule has 0 aliphatic carbocycles. The first-order chi connectivity index (χ1) is 12.6. The molecule has 1 amide bonds. The van der Waals surface area contributed by atoms with Crippen LogP contribution in [-0.2, 0) is 22.7 Å². The molecule has 0 unspecified atom stereocenters. The van der Waals surface area contributed by atoms with Crippen LogP contribution >= 0.6 is 0 Å². The van der Waals surface area contributed by atoms with Crippen molar-refractivity contribution in [2.75, 3.05) is 5.32 Å². The number of fused-ring (bicyclic) bond motifs is 2. The summed E-state index contributed by atoms with van der Waals surface area (Å²) in [6, 6.07) is 12.1. The maximum Gasteiger partial charge on any atom is 0.338 e. The van der Waals surface area contributed by atoms with Crippen molar-refractivity contribution in [1.82, 2.24) is 9.55 Å². The number of hydrogen-bond acceptors (Lipinski definition) is 5. The van der Waals surface area contributed by atoms with E-state index in [0.717, 1.165) is 5.56 Å². The molecule has 0 saturated heterocycles. The van der Waals surface area contributed by atoms with Crippen LogP contribution in [0, 0.1) is 0 Å². The van der Waals surface area contributed by atoms with Crippen molar-refractivity contribution < 1.29 is 14.3 Å². The number of para-hydroxylation sites is 1. The van der Waals surface area contributed by atoms with Crippen LogP contribution in [0.1, 0.15) is 22.3 Å². The standard InChI is InChI=1S/C19H15N3O4/c23-17(21-13-5-6-14-12(9-13)10-26-19(14)25)7-8-22-11-20-16-4-2-1-3-15(16)18(22)24/h1-6,9,11H,7-8,10H2,(H,21,23). The average Bonchev–Trinajstić information content (AvgIpc) is 3.02. The molecule has 0 spiro atoms. The molecule has 0 saturated carbocycles. The van der Waals surface area contributed by atoms with Gasteiger partial charge in [0.1, 0.15) is 6.61 Å². The molecule has 1 aliphatic heterocycles. The SMILES string of the molecule is O=C(CCn1cnc2ccccc2c1=O)Nc1ccc2c(c1)COC2=O. The van der Waals surface area contributed by atoms with Crippen LogP contribution in [-0.4, -0.2) is 21.4 Å². The minimum absolute atomic E-state index is 0.131. The minimum atomic E-state index is -0.346. The molecule has 3 aromatic rings. The van der Waals surface area contributed by atoms with Gasteiger partial charge in [0.2, 0.25) is 5.91 Å². The van der Waals surface area contributed by atoms with Crippen molar-refractivity contribution in [1.29, 1.82) is 0 Å². The van der Waals surface area contributed by atoms with Gasteiger partial charge in [-0.1, -0.05) is 12.1 Å². The summed E-state index contributed by atoms with van der Waals surface area (Å²) in [5.41, 5.74) is 2.33. The van der Waals surface area contributed by atoms with Crippen LogP contribution in [0.2, 0.25) is 0 Å². The number of aromatic nitrogens is 2. The summed E-state index contributed by atoms with van der Waals surface area (Å²) in [4.78, 5) is 40.3. The van der Waals surface area contributed by atoms with Crippen molar-refractivity contribution in [3.05, 3.63) is 70.3 Å². The Morgan fingerprint density at radius 2 is 2.04 bits per heavy atom. The molecule has 2 heterocycles. The summed E-state index contributed by atoms with van der Waals surface area (Å²) in [6.45, 7) is 0.449. The molecule has 2 aromatic carbocycles. The number of cyclic esters (lactones) is 1. The molecular weight excluding hydrogens is 334 g/mol. The molecule has 26 heavy (non-hydrogen) atoms. The van der Waals surface area contributed by atoms with Crippen molar-refractivity contribution in [2.24, 2.45) is 0 Å². The molecule has 0 radical (unpaired) electrons. The van der Waals surface area contributed by atoms with Gasteiger partial charge in [0.15, 0.2) is 0 Å². The maximum atomic E-state index is 12.4. The molecule has 7 nitrogen and oxygen atoms in total. The molecule has 1 aromatic heterocycles. The Kier molecular flexibility index (Phi) is 3.96. The van der Waals surface area contributed by atoms with E-state index < -0.39 is 0 Å². The highest BCUT2D eigenvalue weighted by Gasteiger charge is 2.21. The summed E-state index contributed by atoms with van der Waals surface area (Å²) < 4.78 is 6.37. The molecule has 1 N–H and O–H groups in total. The molecule has 130 valence electrons. The van der Waals surface area contributed by atoms with Gasteiger partial charge in [-0.05, 0) is 30.3 Å². The van der Waals surface area contributed by atoms with Gasteiger partial charge in [-0.25, -0.2) is 9.78 Å². The zero-order chi connectivity index (χ0) is 18.1. The summed E-state index contributed by atoms with van der Waals surface area (Å²) >= 11 is 0. The second-order valence-corrected chi connectivity index (χ2v) is 6.01. The van der Waals surface area contributed by atoms with Gasteiger partial charge in [0.05, 0.1) is 22.8 Å². The van der Waals surface area contributed by atoms with Crippen LogP contribution in [0.4, 0.5) is 5.69 Å². The topological polar surface area (TPSA) is 90.3 Å². The van der Waals surface area contributed by atoms with Crippen LogP contribution in [0.5, 0.6) is 0 Å². The fourth-order valence-corrected chi connectivity index (χ4v) is 2.92. The number of anilines is 1. The van der Waals surface area contributed by atoms with Crippen molar-refractivity contribution in [3.63, 3.8) is 0 Å². The number of rotatable bonds is 4. The second kappa shape index (κ2) is 6.44. The first-order valence-corrected chi connectivity index (χ1v) is 8.16. The largest absolute Gasteiger partial charge is 0.457 e. The van der Waals surface area contributed by atoms with Crippen LogP contribution < -0.4 is 10.9 Å². The van der Waals surface area contributed by atoms with E-state index >= 15 is 0 Å². The highest BCUT2D eigenvalue weighted by atomic mass is 16.5. The van der Waals surface area contributed by atoms with Gasteiger partial charge in [-0.3, -0.25) is 14.2 Å². The van der Waals surface area contributed by atoms with Gasteiger partial charge in [0, 0.05) is 24.2 Å². The van der Waals surface area contributed by atoms with Gasteiger partial charge in [-0.2, -0.15) is 0 Å². The zero-order valence-electron chi connectivity index (χ0n) is 13.8. The Labute approximate surface area is 148 Å². The molecule has 0 bridgehead atoms. The second-order valence-electron chi connectivity index (χ2n) is 6.01. The quantitative estimate of drug-likeness (QED) is 0.729. The predicted molar refractivity (Wildman–Crippen MR) is 94.8 cm³/mol. The number of hydrogen-bond donors (Lipinski definition) is 1. The fourth-order valence-electron chi connectivity index (χ4n) is 2.92. The fraction of sp³-hybridized carbons (Fsp3) is 0.158. The Bertz CT molecular complexity index is 1090. The number of carbonyl (C=O) groups excluding carboxylic acids is 2. The lowest BCUT2D eigenvalue weighted by Gasteiger charge is -2.08. The Morgan fingerprint density at radius 1 is 1.19 bits per heavy atom. The number of nitrogens with zero attached hydrogens (tertiary/aromatic N) is 2. The number of esters is 1. The first kappa shape index (κ1) is 16.0. The van der Waals surface area contributed by atoms with Crippen LogP contribution in [0.25, 0.3) is 10.9 Å². The van der Waals surface area contributed by atoms with E-state index in [2.05, 4.69) is 10.3 Å². The van der Waals surface area contributed by atoms with Crippen LogP contribution in [0.15, 0.2) is 53.6 Å². The monoisotopic (exact) mass is 349 g/mol. The maximum absolute atomic E-state index is 12.4. The summed E-state index contributed by atoms with van der Waals surface area (Å²) in [5.74, 6) is -0.573. The van der Waals surface area contributed by atoms with Crippen molar-refractivity contribution >= 4 is 28.5 Å². The summed E-state index contributed by atoms with van der Waals surface area (Å²) in [7, 11) is 0. The predicted octanol–water partition coefficient (Wildman–Crippen LogP) is 2.10. The minimum Gasteiger partial charge on any atom is -0.457 e. The average molecular weight is 349 g/mol. The lowest BCUT2D eigenvalue weighted by molar-refractivity contribution is -0.116. The molecule has 7 heteroatoms. The van der Waals surface area contributed by atoms with E-state index in [4.69, 9.17) is 4.74 Å². The Morgan fingerprint density at radius 3 is 2.92 bits per heavy atom. The Balaban J connectivity index is 1.44. The zero-order valence-corrected chi connectivity index (χ0v) is 13.8. The lowest BCUT2D eigenvalue weighted by Crippen LogP contribution is -2.23. The molecule has 0 fully saturated rings. The number of benzene rings is 2. The third kappa shape index (κ3) is 2.95. The van der Waals surface area contributed by atoms with E-state index in [1.165, 1.54) is 10.9 Å². The van der Waals surface area contributed by atoms with Crippen LogP contribution in [0.3, 0.4) is 0 Å². The smallest absolute Gasteiger partial charge is 0.338 e. The van der Waals surface area contributed by atoms with Gasteiger partial charge >= 0.3 is 5.97 Å². The number of aryl methyl sites for hydroxylation is 1. The van der Waals surface area contributed by atoms with Gasteiger partial charge < -0.3 is 10.1 Å². The van der Waals surface area contributed by atoms with Gasteiger partial charge in [-0.15, -0.1) is 0 Å².